The van der Waals surface area contributed by atoms with Gasteiger partial charge in [0, 0.05) is 6.42 Å². The fourth-order valence-corrected chi connectivity index (χ4v) is 8.68. The van der Waals surface area contributed by atoms with E-state index < -0.39 is 12.1 Å². The van der Waals surface area contributed by atoms with E-state index in [0.29, 0.717) is 30.1 Å². The molecule has 0 unspecified atom stereocenters. The Balaban J connectivity index is 1.61. The molecule has 5 heteroatoms. The van der Waals surface area contributed by atoms with Crippen LogP contribution in [-0.4, -0.2) is 44.7 Å². The Morgan fingerprint density at radius 3 is 2.45 bits per heavy atom. The Morgan fingerprint density at radius 1 is 1.03 bits per heavy atom. The molecule has 0 aromatic rings. The van der Waals surface area contributed by atoms with Gasteiger partial charge in [0.15, 0.2) is 0 Å². The summed E-state index contributed by atoms with van der Waals surface area (Å²) >= 11 is 0. The zero-order chi connectivity index (χ0) is 21.1. The predicted octanol–water partition coefficient (Wildman–Crippen LogP) is 3.45. The molecule has 0 heterocycles. The van der Waals surface area contributed by atoms with E-state index in [1.54, 1.807) is 0 Å². The van der Waals surface area contributed by atoms with Crippen LogP contribution in [0, 0.1) is 46.3 Å². The van der Waals surface area contributed by atoms with Gasteiger partial charge in [-0.15, -0.1) is 0 Å². The van der Waals surface area contributed by atoms with E-state index in [-0.39, 0.29) is 41.3 Å². The van der Waals surface area contributed by atoms with E-state index in [0.717, 1.165) is 44.9 Å². The summed E-state index contributed by atoms with van der Waals surface area (Å²) in [7, 11) is 0. The Hall–Kier alpha value is -0.650. The van der Waals surface area contributed by atoms with Crippen molar-refractivity contribution in [3.05, 3.63) is 0 Å². The lowest BCUT2D eigenvalue weighted by atomic mass is 9.43. The third-order valence-electron chi connectivity index (χ3n) is 10.3. The summed E-state index contributed by atoms with van der Waals surface area (Å²) in [6.45, 7) is 6.72. The summed E-state index contributed by atoms with van der Waals surface area (Å²) in [6, 6.07) is 0. The highest BCUT2D eigenvalue weighted by Crippen LogP contribution is 2.68. The van der Waals surface area contributed by atoms with Gasteiger partial charge < -0.3 is 20.4 Å². The third kappa shape index (κ3) is 3.27. The first kappa shape index (κ1) is 21.6. The van der Waals surface area contributed by atoms with Gasteiger partial charge in [0.05, 0.1) is 18.3 Å². The molecule has 0 amide bonds. The number of aliphatic hydroxyl groups is 3. The first-order valence-corrected chi connectivity index (χ1v) is 11.8. The van der Waals surface area contributed by atoms with Crippen LogP contribution >= 0.6 is 0 Å². The van der Waals surface area contributed by atoms with E-state index >= 15 is 0 Å². The summed E-state index contributed by atoms with van der Waals surface area (Å²) in [5.74, 6) is 0.997. The van der Waals surface area contributed by atoms with Gasteiger partial charge in [-0.25, -0.2) is 0 Å². The van der Waals surface area contributed by atoms with Crippen molar-refractivity contribution in [2.24, 2.45) is 46.3 Å². The van der Waals surface area contributed by atoms with Crippen molar-refractivity contribution in [1.29, 1.82) is 0 Å². The average molecular weight is 409 g/mol. The molecule has 4 aliphatic carbocycles. The summed E-state index contributed by atoms with van der Waals surface area (Å²) in [5.41, 5.74) is -0.143. The van der Waals surface area contributed by atoms with Gasteiger partial charge in [-0.3, -0.25) is 4.79 Å². The van der Waals surface area contributed by atoms with Gasteiger partial charge in [0.1, 0.15) is 0 Å². The number of aliphatic hydroxyl groups excluding tert-OH is 3. The summed E-state index contributed by atoms with van der Waals surface area (Å²) < 4.78 is 0. The molecule has 0 radical (unpaired) electrons. The standard InChI is InChI=1S/C24H40O5/c1-13(4-7-21(28)29)16-5-6-17-22-18(12-20(27)24(16,17)3)23(2)9-8-15(25)10-14(23)11-19(22)26/h13-20,22,25-27H,4-12H2,1-3H3,(H,28,29)/t13-,14+,15-,16-,17+,18+,19+,20+,22+,23-,24-/m0/s1. The summed E-state index contributed by atoms with van der Waals surface area (Å²) in [5, 5.41) is 42.0. The van der Waals surface area contributed by atoms with Crippen LogP contribution in [0.1, 0.15) is 78.6 Å². The predicted molar refractivity (Wildman–Crippen MR) is 110 cm³/mol. The number of aliphatic carboxylic acids is 1. The first-order valence-electron chi connectivity index (χ1n) is 11.8. The maximum Gasteiger partial charge on any atom is 0.303 e. The fourth-order valence-electron chi connectivity index (χ4n) is 8.68. The highest BCUT2D eigenvalue weighted by Gasteiger charge is 2.65. The number of fused-ring (bicyclic) bond motifs is 5. The van der Waals surface area contributed by atoms with E-state index in [9.17, 15) is 20.1 Å². The first-order chi connectivity index (χ1) is 13.6. The molecule has 5 nitrogen and oxygen atoms in total. The van der Waals surface area contributed by atoms with Crippen molar-refractivity contribution in [2.45, 2.75) is 96.9 Å². The van der Waals surface area contributed by atoms with E-state index in [2.05, 4.69) is 20.8 Å². The second kappa shape index (κ2) is 7.49. The minimum atomic E-state index is -0.748. The van der Waals surface area contributed by atoms with Crippen LogP contribution in [0.5, 0.6) is 0 Å². The minimum Gasteiger partial charge on any atom is -0.481 e. The molecule has 11 atom stereocenters. The molecule has 4 fully saturated rings. The number of rotatable bonds is 4. The molecule has 4 rings (SSSR count). The Kier molecular flexibility index (Phi) is 5.57. The normalized spacial score (nSPS) is 52.9. The molecule has 166 valence electrons. The molecule has 0 aromatic carbocycles. The molecule has 0 aromatic heterocycles. The van der Waals surface area contributed by atoms with Gasteiger partial charge in [-0.05, 0) is 97.7 Å². The fraction of sp³-hybridized carbons (Fsp3) is 0.958. The van der Waals surface area contributed by atoms with Crippen LogP contribution in [0.25, 0.3) is 0 Å². The molecule has 29 heavy (non-hydrogen) atoms. The smallest absolute Gasteiger partial charge is 0.303 e. The lowest BCUT2D eigenvalue weighted by Crippen LogP contribution is -2.62. The third-order valence-corrected chi connectivity index (χ3v) is 10.3. The SMILES string of the molecule is C[C@@H](CCC(=O)O)[C@@H]1CC[C@@H]2[C@H]3[C@H](O)C[C@H]4C[C@@H](O)CC[C@]4(C)[C@@H]3C[C@@H](O)[C@]21C. The number of hydrogen-bond donors (Lipinski definition) is 4. The Labute approximate surface area is 174 Å². The molecule has 0 saturated heterocycles. The zero-order valence-electron chi connectivity index (χ0n) is 18.3. The lowest BCUT2D eigenvalue weighted by molar-refractivity contribution is -0.207. The van der Waals surface area contributed by atoms with Gasteiger partial charge in [-0.1, -0.05) is 20.8 Å². The van der Waals surface area contributed by atoms with Crippen molar-refractivity contribution in [3.8, 4) is 0 Å². The number of carbonyl (C=O) groups is 1. The van der Waals surface area contributed by atoms with Crippen LogP contribution in [0.3, 0.4) is 0 Å². The van der Waals surface area contributed by atoms with Crippen molar-refractivity contribution < 1.29 is 25.2 Å². The second-order valence-corrected chi connectivity index (χ2v) is 11.4. The highest BCUT2D eigenvalue weighted by atomic mass is 16.4. The van der Waals surface area contributed by atoms with Crippen LogP contribution in [0.15, 0.2) is 0 Å². The molecule has 0 bridgehead atoms. The van der Waals surface area contributed by atoms with Gasteiger partial charge in [-0.2, -0.15) is 0 Å². The van der Waals surface area contributed by atoms with E-state index in [1.807, 2.05) is 0 Å². The zero-order valence-corrected chi connectivity index (χ0v) is 18.3. The Morgan fingerprint density at radius 2 is 1.76 bits per heavy atom. The van der Waals surface area contributed by atoms with Gasteiger partial charge in [0.2, 0.25) is 0 Å². The van der Waals surface area contributed by atoms with E-state index in [1.165, 1.54) is 0 Å². The van der Waals surface area contributed by atoms with Crippen molar-refractivity contribution in [3.63, 3.8) is 0 Å². The van der Waals surface area contributed by atoms with Crippen LogP contribution < -0.4 is 0 Å². The van der Waals surface area contributed by atoms with Gasteiger partial charge >= 0.3 is 5.97 Å². The number of carboxylic acid groups (broad SMARTS) is 1. The molecular formula is C24H40O5. The van der Waals surface area contributed by atoms with Crippen LogP contribution in [0.2, 0.25) is 0 Å². The van der Waals surface area contributed by atoms with Crippen molar-refractivity contribution in [1.82, 2.24) is 0 Å². The average Bonchev–Trinajstić information content (AvgIpc) is 3.01. The molecule has 0 spiro atoms. The van der Waals surface area contributed by atoms with Gasteiger partial charge in [0.25, 0.3) is 0 Å². The van der Waals surface area contributed by atoms with Crippen molar-refractivity contribution >= 4 is 5.97 Å². The maximum atomic E-state index is 11.5. The number of hydrogen-bond acceptors (Lipinski definition) is 4. The molecule has 0 aliphatic heterocycles. The van der Waals surface area contributed by atoms with Crippen LogP contribution in [-0.2, 0) is 4.79 Å². The molecule has 4 saturated carbocycles. The Bertz CT molecular complexity index is 637. The second-order valence-electron chi connectivity index (χ2n) is 11.4. The highest BCUT2D eigenvalue weighted by molar-refractivity contribution is 5.66. The summed E-state index contributed by atoms with van der Waals surface area (Å²) in [4.78, 5) is 11.1. The van der Waals surface area contributed by atoms with Crippen molar-refractivity contribution in [2.75, 3.05) is 0 Å². The largest absolute Gasteiger partial charge is 0.481 e. The minimum absolute atomic E-state index is 0.0957. The topological polar surface area (TPSA) is 98.0 Å². The number of carboxylic acids is 1. The molecule has 4 aliphatic rings. The quantitative estimate of drug-likeness (QED) is 0.571. The molecule has 4 N–H and O–H groups in total. The van der Waals surface area contributed by atoms with E-state index in [4.69, 9.17) is 5.11 Å². The summed E-state index contributed by atoms with van der Waals surface area (Å²) in [6.07, 6.45) is 6.00. The monoisotopic (exact) mass is 408 g/mol. The maximum absolute atomic E-state index is 11.5. The van der Waals surface area contributed by atoms with Crippen LogP contribution in [0.4, 0.5) is 0 Å². The lowest BCUT2D eigenvalue weighted by Gasteiger charge is -2.63. The molecular weight excluding hydrogens is 368 g/mol.